The number of hydrogen-bond donors (Lipinski definition) is 1. The maximum atomic E-state index is 13.0. The molecule has 2 N–H and O–H groups in total. The van der Waals surface area contributed by atoms with Crippen LogP contribution in [0.15, 0.2) is 23.1 Å². The summed E-state index contributed by atoms with van der Waals surface area (Å²) in [5.41, 5.74) is 6.10. The molecule has 1 saturated heterocycles. The molecule has 0 radical (unpaired) electrons. The molecule has 1 aromatic rings. The van der Waals surface area contributed by atoms with E-state index in [0.717, 1.165) is 12.8 Å². The average molecular weight is 363 g/mol. The van der Waals surface area contributed by atoms with Crippen LogP contribution in [0.2, 0.25) is 0 Å². The third kappa shape index (κ3) is 3.15. The average Bonchev–Trinajstić information content (AvgIpc) is 3.09. The molecule has 1 heterocycles. The molecule has 0 bridgehead atoms. The van der Waals surface area contributed by atoms with E-state index in [1.165, 1.54) is 20.3 Å². The predicted molar refractivity (Wildman–Crippen MR) is 89.7 cm³/mol. The standard InChI is InChI=1S/C15H22N2O4S.ClH/c1-20-11-4-6-14(21-2)15(7-11)22(18,19)17-8-10-3-5-13(16)12(10)9-17;/h4,6-7,10,12-13H,3,5,8-9,16H2,1-2H3;1H. The second-order valence-corrected chi connectivity index (χ2v) is 7.91. The highest BCUT2D eigenvalue weighted by atomic mass is 35.5. The van der Waals surface area contributed by atoms with Crippen molar-refractivity contribution in [3.05, 3.63) is 18.2 Å². The molecule has 6 nitrogen and oxygen atoms in total. The van der Waals surface area contributed by atoms with E-state index in [1.807, 2.05) is 0 Å². The highest BCUT2D eigenvalue weighted by Crippen LogP contribution is 2.40. The normalized spacial score (nSPS) is 27.3. The summed E-state index contributed by atoms with van der Waals surface area (Å²) in [4.78, 5) is 0.155. The number of fused-ring (bicyclic) bond motifs is 1. The summed E-state index contributed by atoms with van der Waals surface area (Å²) < 4.78 is 37.8. The number of nitrogens with two attached hydrogens (primary N) is 1. The number of halogens is 1. The summed E-state index contributed by atoms with van der Waals surface area (Å²) in [5.74, 6) is 1.48. The summed E-state index contributed by atoms with van der Waals surface area (Å²) in [6.07, 6.45) is 2.00. The lowest BCUT2D eigenvalue weighted by atomic mass is 9.98. The first-order valence-electron chi connectivity index (χ1n) is 7.45. The molecule has 1 aliphatic carbocycles. The van der Waals surface area contributed by atoms with Gasteiger partial charge in [-0.1, -0.05) is 0 Å². The molecule has 1 saturated carbocycles. The Kier molecular flexibility index (Phi) is 5.45. The topological polar surface area (TPSA) is 81.9 Å². The van der Waals surface area contributed by atoms with E-state index in [1.54, 1.807) is 16.4 Å². The summed E-state index contributed by atoms with van der Waals surface area (Å²) in [7, 11) is -0.628. The Morgan fingerprint density at radius 3 is 2.52 bits per heavy atom. The van der Waals surface area contributed by atoms with E-state index < -0.39 is 10.0 Å². The number of hydrogen-bond acceptors (Lipinski definition) is 5. The molecule has 1 aliphatic heterocycles. The Morgan fingerprint density at radius 2 is 1.91 bits per heavy atom. The van der Waals surface area contributed by atoms with Crippen molar-refractivity contribution in [3.63, 3.8) is 0 Å². The third-order valence-electron chi connectivity index (χ3n) is 4.87. The fourth-order valence-corrected chi connectivity index (χ4v) is 5.29. The number of methoxy groups -OCH3 is 2. The Hall–Kier alpha value is -1.02. The lowest BCUT2D eigenvalue weighted by Gasteiger charge is -2.20. The van der Waals surface area contributed by atoms with E-state index in [0.29, 0.717) is 30.5 Å². The van der Waals surface area contributed by atoms with Gasteiger partial charge < -0.3 is 15.2 Å². The Bertz CT molecular complexity index is 667. The minimum absolute atomic E-state index is 0. The number of benzene rings is 1. The molecular formula is C15H23ClN2O4S. The van der Waals surface area contributed by atoms with E-state index in [4.69, 9.17) is 15.2 Å². The number of rotatable bonds is 4. The van der Waals surface area contributed by atoms with E-state index >= 15 is 0 Å². The van der Waals surface area contributed by atoms with Crippen molar-refractivity contribution in [1.29, 1.82) is 0 Å². The van der Waals surface area contributed by atoms with Crippen LogP contribution in [0.4, 0.5) is 0 Å². The van der Waals surface area contributed by atoms with Gasteiger partial charge in [0.1, 0.15) is 16.4 Å². The third-order valence-corrected chi connectivity index (χ3v) is 6.72. The quantitative estimate of drug-likeness (QED) is 0.877. The molecule has 3 rings (SSSR count). The van der Waals surface area contributed by atoms with Crippen LogP contribution in [0.5, 0.6) is 11.5 Å². The summed E-state index contributed by atoms with van der Waals surface area (Å²) in [5, 5.41) is 0. The predicted octanol–water partition coefficient (Wildman–Crippen LogP) is 1.48. The van der Waals surface area contributed by atoms with Crippen molar-refractivity contribution in [1.82, 2.24) is 4.31 Å². The molecular weight excluding hydrogens is 340 g/mol. The zero-order valence-corrected chi connectivity index (χ0v) is 14.9. The number of nitrogens with zero attached hydrogens (tertiary/aromatic N) is 1. The Labute approximate surface area is 143 Å². The smallest absolute Gasteiger partial charge is 0.246 e. The first-order valence-corrected chi connectivity index (χ1v) is 8.89. The minimum atomic E-state index is -3.61. The van der Waals surface area contributed by atoms with Crippen LogP contribution in [-0.4, -0.2) is 46.1 Å². The summed E-state index contributed by atoms with van der Waals surface area (Å²) in [6.45, 7) is 1.04. The molecule has 2 aliphatic rings. The van der Waals surface area contributed by atoms with Gasteiger partial charge in [0, 0.05) is 25.2 Å². The Morgan fingerprint density at radius 1 is 1.17 bits per heavy atom. The number of sulfonamides is 1. The van der Waals surface area contributed by atoms with Crippen molar-refractivity contribution in [2.24, 2.45) is 17.6 Å². The maximum absolute atomic E-state index is 13.0. The fourth-order valence-electron chi connectivity index (χ4n) is 3.59. The minimum Gasteiger partial charge on any atom is -0.497 e. The summed E-state index contributed by atoms with van der Waals surface area (Å²) >= 11 is 0. The van der Waals surface area contributed by atoms with Crippen LogP contribution in [0.25, 0.3) is 0 Å². The van der Waals surface area contributed by atoms with Gasteiger partial charge >= 0.3 is 0 Å². The van der Waals surface area contributed by atoms with Gasteiger partial charge in [-0.15, -0.1) is 12.4 Å². The van der Waals surface area contributed by atoms with Gasteiger partial charge in [-0.05, 0) is 36.8 Å². The molecule has 23 heavy (non-hydrogen) atoms. The van der Waals surface area contributed by atoms with Gasteiger partial charge in [-0.2, -0.15) is 4.31 Å². The monoisotopic (exact) mass is 362 g/mol. The first kappa shape index (κ1) is 18.3. The van der Waals surface area contributed by atoms with Crippen LogP contribution < -0.4 is 15.2 Å². The molecule has 8 heteroatoms. The number of ether oxygens (including phenoxy) is 2. The van der Waals surface area contributed by atoms with E-state index in [-0.39, 0.29) is 29.3 Å². The molecule has 3 unspecified atom stereocenters. The van der Waals surface area contributed by atoms with Crippen molar-refractivity contribution >= 4 is 22.4 Å². The van der Waals surface area contributed by atoms with Crippen molar-refractivity contribution in [3.8, 4) is 11.5 Å². The molecule has 3 atom stereocenters. The van der Waals surface area contributed by atoms with Crippen molar-refractivity contribution in [2.45, 2.75) is 23.8 Å². The van der Waals surface area contributed by atoms with Crippen molar-refractivity contribution < 1.29 is 17.9 Å². The van der Waals surface area contributed by atoms with Gasteiger partial charge in [0.05, 0.1) is 14.2 Å². The van der Waals surface area contributed by atoms with Gasteiger partial charge in [0.25, 0.3) is 0 Å². The molecule has 130 valence electrons. The van der Waals surface area contributed by atoms with Crippen LogP contribution in [0.3, 0.4) is 0 Å². The van der Waals surface area contributed by atoms with E-state index in [2.05, 4.69) is 0 Å². The van der Waals surface area contributed by atoms with Crippen LogP contribution in [0.1, 0.15) is 12.8 Å². The van der Waals surface area contributed by atoms with Gasteiger partial charge in [0.2, 0.25) is 10.0 Å². The lowest BCUT2D eigenvalue weighted by Crippen LogP contribution is -2.33. The maximum Gasteiger partial charge on any atom is 0.246 e. The van der Waals surface area contributed by atoms with Gasteiger partial charge in [-0.25, -0.2) is 8.42 Å². The Balaban J connectivity index is 0.00000192. The second kappa shape index (κ2) is 6.84. The molecule has 0 spiro atoms. The van der Waals surface area contributed by atoms with Crippen LogP contribution >= 0.6 is 12.4 Å². The van der Waals surface area contributed by atoms with Gasteiger partial charge in [-0.3, -0.25) is 0 Å². The molecule has 1 aromatic carbocycles. The second-order valence-electron chi connectivity index (χ2n) is 6.00. The first-order chi connectivity index (χ1) is 10.5. The van der Waals surface area contributed by atoms with Crippen LogP contribution in [-0.2, 0) is 10.0 Å². The van der Waals surface area contributed by atoms with E-state index in [9.17, 15) is 8.42 Å². The molecule has 0 amide bonds. The van der Waals surface area contributed by atoms with Crippen LogP contribution in [0, 0.1) is 11.8 Å². The largest absolute Gasteiger partial charge is 0.497 e. The highest BCUT2D eigenvalue weighted by molar-refractivity contribution is 7.89. The molecule has 2 fully saturated rings. The SMILES string of the molecule is COc1ccc(OC)c(S(=O)(=O)N2CC3CCC(N)C3C2)c1.Cl. The molecule has 0 aromatic heterocycles. The van der Waals surface area contributed by atoms with Gasteiger partial charge in [0.15, 0.2) is 0 Å². The fraction of sp³-hybridized carbons (Fsp3) is 0.600. The zero-order chi connectivity index (χ0) is 15.9. The van der Waals surface area contributed by atoms with Crippen molar-refractivity contribution in [2.75, 3.05) is 27.3 Å². The zero-order valence-electron chi connectivity index (χ0n) is 13.3. The lowest BCUT2D eigenvalue weighted by molar-refractivity contribution is 0.385. The summed E-state index contributed by atoms with van der Waals surface area (Å²) in [6, 6.07) is 4.93. The highest BCUT2D eigenvalue weighted by Gasteiger charge is 2.45.